The van der Waals surface area contributed by atoms with Crippen molar-refractivity contribution in [3.63, 3.8) is 0 Å². The number of imidazole rings is 1. The van der Waals surface area contributed by atoms with Crippen LogP contribution in [0.2, 0.25) is 0 Å². The van der Waals surface area contributed by atoms with Gasteiger partial charge < -0.3 is 23.7 Å². The number of hydrogen-bond acceptors (Lipinski definition) is 6. The van der Waals surface area contributed by atoms with Crippen LogP contribution in [0.5, 0.6) is 0 Å². The van der Waals surface area contributed by atoms with Gasteiger partial charge in [-0.3, -0.25) is 4.79 Å². The van der Waals surface area contributed by atoms with Crippen LogP contribution >= 0.6 is 0 Å². The summed E-state index contributed by atoms with van der Waals surface area (Å²) < 4.78 is 19.3. The van der Waals surface area contributed by atoms with Crippen molar-refractivity contribution in [2.24, 2.45) is 0 Å². The van der Waals surface area contributed by atoms with E-state index in [-0.39, 0.29) is 18.8 Å². The molecular weight excluding hydrogens is 434 g/mol. The Hall–Kier alpha value is -3.41. The highest BCUT2D eigenvalue weighted by Crippen LogP contribution is 2.25. The molecule has 8 nitrogen and oxygen atoms in total. The standard InChI is InChI=1S/C26H29N3O5/c1-19(33-25-9-5-6-16-32-25)26-27-14-15-29(26)18-22-17-23(34-28-22)21-12-10-20(11-13-21)7-3-2-4-8-24(30)31/h10-15,17,19,25H,2,4-6,8-9,16,18H2,1H3,(H,30,31)/t19-,25?/m0/s1. The van der Waals surface area contributed by atoms with E-state index in [4.69, 9.17) is 19.1 Å². The fourth-order valence-electron chi connectivity index (χ4n) is 3.83. The number of aliphatic carboxylic acids is 1. The van der Waals surface area contributed by atoms with Crippen LogP contribution in [0.15, 0.2) is 47.2 Å². The number of rotatable bonds is 9. The first kappa shape index (κ1) is 23.7. The third-order valence-electron chi connectivity index (χ3n) is 5.59. The van der Waals surface area contributed by atoms with Crippen molar-refractivity contribution >= 4 is 5.97 Å². The summed E-state index contributed by atoms with van der Waals surface area (Å²) in [6.45, 7) is 3.26. The fourth-order valence-corrected chi connectivity index (χ4v) is 3.83. The number of unbranched alkanes of at least 4 members (excludes halogenated alkanes) is 1. The molecule has 0 saturated carbocycles. The van der Waals surface area contributed by atoms with Gasteiger partial charge in [0.1, 0.15) is 17.6 Å². The fraction of sp³-hybridized carbons (Fsp3) is 0.423. The molecule has 3 aromatic rings. The number of carboxylic acids is 1. The number of carboxylic acid groups (broad SMARTS) is 1. The van der Waals surface area contributed by atoms with Crippen LogP contribution in [0.4, 0.5) is 0 Å². The zero-order chi connectivity index (χ0) is 23.8. The van der Waals surface area contributed by atoms with Crippen LogP contribution in [0.1, 0.15) is 68.6 Å². The number of nitrogens with zero attached hydrogens (tertiary/aromatic N) is 3. The summed E-state index contributed by atoms with van der Waals surface area (Å²) in [5.74, 6) is 6.78. The molecule has 1 N–H and O–H groups in total. The zero-order valence-corrected chi connectivity index (χ0v) is 19.3. The molecule has 2 atom stereocenters. The maximum atomic E-state index is 10.5. The minimum absolute atomic E-state index is 0.142. The van der Waals surface area contributed by atoms with Gasteiger partial charge in [-0.1, -0.05) is 17.0 Å². The maximum absolute atomic E-state index is 10.5. The largest absolute Gasteiger partial charge is 0.481 e. The molecule has 8 heteroatoms. The molecule has 1 aliphatic rings. The van der Waals surface area contributed by atoms with Crippen molar-refractivity contribution in [2.45, 2.75) is 64.4 Å². The van der Waals surface area contributed by atoms with E-state index in [0.29, 0.717) is 25.1 Å². The Morgan fingerprint density at radius 2 is 2.18 bits per heavy atom. The lowest BCUT2D eigenvalue weighted by Gasteiger charge is -2.26. The SMILES string of the molecule is C[C@H](OC1CCCCO1)c1nccn1Cc1cc(-c2ccc(C#CCCCC(=O)O)cc2)on1. The topological polar surface area (TPSA) is 99.6 Å². The van der Waals surface area contributed by atoms with E-state index in [9.17, 15) is 4.79 Å². The summed E-state index contributed by atoms with van der Waals surface area (Å²) in [5.41, 5.74) is 2.57. The van der Waals surface area contributed by atoms with Gasteiger partial charge >= 0.3 is 5.97 Å². The van der Waals surface area contributed by atoms with Crippen molar-refractivity contribution in [3.05, 3.63) is 59.8 Å². The number of hydrogen-bond donors (Lipinski definition) is 1. The van der Waals surface area contributed by atoms with E-state index in [2.05, 4.69) is 22.0 Å². The summed E-state index contributed by atoms with van der Waals surface area (Å²) >= 11 is 0. The third-order valence-corrected chi connectivity index (χ3v) is 5.59. The summed E-state index contributed by atoms with van der Waals surface area (Å²) in [6, 6.07) is 9.64. The Kier molecular flexibility index (Phi) is 8.12. The monoisotopic (exact) mass is 463 g/mol. The number of benzene rings is 1. The van der Waals surface area contributed by atoms with Crippen LogP contribution in [-0.4, -0.2) is 38.7 Å². The van der Waals surface area contributed by atoms with Gasteiger partial charge in [0.05, 0.1) is 6.54 Å². The first-order chi connectivity index (χ1) is 16.6. The Morgan fingerprint density at radius 3 is 2.94 bits per heavy atom. The molecule has 2 aromatic heterocycles. The second-order valence-electron chi connectivity index (χ2n) is 8.30. The number of aromatic nitrogens is 3. The van der Waals surface area contributed by atoms with E-state index in [1.807, 2.05) is 48.0 Å². The first-order valence-corrected chi connectivity index (χ1v) is 11.6. The highest BCUT2D eigenvalue weighted by molar-refractivity contribution is 5.66. The van der Waals surface area contributed by atoms with Gasteiger partial charge in [-0.25, -0.2) is 4.98 Å². The molecule has 0 spiro atoms. The molecule has 3 heterocycles. The lowest BCUT2D eigenvalue weighted by molar-refractivity contribution is -0.188. The second-order valence-corrected chi connectivity index (χ2v) is 8.30. The summed E-state index contributed by atoms with van der Waals surface area (Å²) in [4.78, 5) is 15.0. The lowest BCUT2D eigenvalue weighted by Crippen LogP contribution is -2.24. The van der Waals surface area contributed by atoms with Crippen molar-refractivity contribution in [1.29, 1.82) is 0 Å². The molecule has 0 radical (unpaired) electrons. The van der Waals surface area contributed by atoms with Crippen LogP contribution in [0.25, 0.3) is 11.3 Å². The molecule has 1 fully saturated rings. The molecule has 4 rings (SSSR count). The molecular formula is C26H29N3O5. The van der Waals surface area contributed by atoms with Gasteiger partial charge in [0, 0.05) is 49.0 Å². The van der Waals surface area contributed by atoms with Crippen LogP contribution in [0.3, 0.4) is 0 Å². The maximum Gasteiger partial charge on any atom is 0.303 e. The van der Waals surface area contributed by atoms with E-state index in [1.54, 1.807) is 6.20 Å². The van der Waals surface area contributed by atoms with Gasteiger partial charge in [-0.05, 0) is 56.9 Å². The van der Waals surface area contributed by atoms with Gasteiger partial charge in [0.2, 0.25) is 0 Å². The van der Waals surface area contributed by atoms with Gasteiger partial charge in [0.25, 0.3) is 0 Å². The predicted molar refractivity (Wildman–Crippen MR) is 125 cm³/mol. The second kappa shape index (κ2) is 11.6. The molecule has 0 aliphatic carbocycles. The van der Waals surface area contributed by atoms with E-state index in [1.165, 1.54) is 0 Å². The Morgan fingerprint density at radius 1 is 1.32 bits per heavy atom. The Labute approximate surface area is 198 Å². The van der Waals surface area contributed by atoms with E-state index < -0.39 is 5.97 Å². The van der Waals surface area contributed by atoms with Gasteiger partial charge in [0.15, 0.2) is 12.1 Å². The number of carbonyl (C=O) groups is 1. The smallest absolute Gasteiger partial charge is 0.303 e. The van der Waals surface area contributed by atoms with Crippen molar-refractivity contribution in [1.82, 2.24) is 14.7 Å². The normalized spacial score (nSPS) is 16.6. The average Bonchev–Trinajstić information content (AvgIpc) is 3.50. The molecule has 1 aromatic carbocycles. The molecule has 1 saturated heterocycles. The van der Waals surface area contributed by atoms with Crippen molar-refractivity contribution < 1.29 is 23.9 Å². The van der Waals surface area contributed by atoms with Crippen LogP contribution < -0.4 is 0 Å². The summed E-state index contributed by atoms with van der Waals surface area (Å²) in [7, 11) is 0. The van der Waals surface area contributed by atoms with Crippen molar-refractivity contribution in [3.8, 4) is 23.2 Å². The Balaban J connectivity index is 1.35. The predicted octanol–water partition coefficient (Wildman–Crippen LogP) is 4.80. The minimum atomic E-state index is -0.793. The minimum Gasteiger partial charge on any atom is -0.481 e. The quantitative estimate of drug-likeness (QED) is 0.359. The lowest BCUT2D eigenvalue weighted by atomic mass is 10.1. The summed E-state index contributed by atoms with van der Waals surface area (Å²) in [5, 5.41) is 12.9. The molecule has 0 amide bonds. The summed E-state index contributed by atoms with van der Waals surface area (Å²) in [6.07, 6.45) is 7.68. The third kappa shape index (κ3) is 6.56. The number of ether oxygens (including phenoxy) is 2. The molecule has 0 bridgehead atoms. The van der Waals surface area contributed by atoms with Gasteiger partial charge in [-0.15, -0.1) is 0 Å². The first-order valence-electron chi connectivity index (χ1n) is 11.6. The van der Waals surface area contributed by atoms with Crippen LogP contribution in [-0.2, 0) is 20.8 Å². The van der Waals surface area contributed by atoms with Gasteiger partial charge in [-0.2, -0.15) is 0 Å². The zero-order valence-electron chi connectivity index (χ0n) is 19.3. The molecule has 1 aliphatic heterocycles. The van der Waals surface area contributed by atoms with E-state index in [0.717, 1.165) is 48.5 Å². The van der Waals surface area contributed by atoms with Crippen molar-refractivity contribution in [2.75, 3.05) is 6.61 Å². The highest BCUT2D eigenvalue weighted by atomic mass is 16.7. The highest BCUT2D eigenvalue weighted by Gasteiger charge is 2.21. The van der Waals surface area contributed by atoms with E-state index >= 15 is 0 Å². The van der Waals surface area contributed by atoms with Crippen LogP contribution in [0, 0.1) is 11.8 Å². The molecule has 178 valence electrons. The Bertz CT molecular complexity index is 1130. The molecule has 1 unspecified atom stereocenters. The average molecular weight is 464 g/mol. The molecule has 34 heavy (non-hydrogen) atoms.